The van der Waals surface area contributed by atoms with Gasteiger partial charge in [0.05, 0.1) is 0 Å². The van der Waals surface area contributed by atoms with Gasteiger partial charge in [-0.05, 0) is 28.2 Å². The molecule has 14 nitrogen and oxygen atoms in total. The third-order valence-electron chi connectivity index (χ3n) is 4.34. The molecule has 0 bridgehead atoms. The average Bonchev–Trinajstić information content (AvgIpc) is 2.71. The lowest BCUT2D eigenvalue weighted by Gasteiger charge is -2.34. The summed E-state index contributed by atoms with van der Waals surface area (Å²) in [6.45, 7) is 5.16. The molecule has 0 saturated heterocycles. The van der Waals surface area contributed by atoms with E-state index in [1.807, 2.05) is 0 Å². The average molecular weight is 519 g/mol. The summed E-state index contributed by atoms with van der Waals surface area (Å²) in [6.07, 6.45) is -7.35. The molecular weight excluding hydrogens is 480 g/mol. The van der Waals surface area contributed by atoms with E-state index >= 15 is 0 Å². The van der Waals surface area contributed by atoms with Gasteiger partial charge in [-0.25, -0.2) is 0 Å². The van der Waals surface area contributed by atoms with Crippen molar-refractivity contribution in [3.05, 3.63) is 0 Å². The maximum atomic E-state index is 13.0. The maximum absolute atomic E-state index is 13.0. The first-order valence-corrected chi connectivity index (χ1v) is 11.2. The molecule has 0 aliphatic carbocycles. The zero-order valence-electron chi connectivity index (χ0n) is 22.1. The molecule has 0 aliphatic heterocycles. The highest BCUT2D eigenvalue weighted by Gasteiger charge is 2.48. The smallest absolute Gasteiger partial charge is 0.303 e. The van der Waals surface area contributed by atoms with Gasteiger partial charge in [0, 0.05) is 53.9 Å². The van der Waals surface area contributed by atoms with E-state index < -0.39 is 60.1 Å². The minimum Gasteiger partial charge on any atom is -0.454 e. The van der Waals surface area contributed by atoms with E-state index in [4.69, 9.17) is 18.9 Å². The molecule has 0 spiro atoms. The van der Waals surface area contributed by atoms with Gasteiger partial charge in [-0.3, -0.25) is 28.8 Å². The van der Waals surface area contributed by atoms with Crippen LogP contribution in [0.5, 0.6) is 0 Å². The highest BCUT2D eigenvalue weighted by Crippen LogP contribution is 2.20. The Labute approximate surface area is 210 Å². The van der Waals surface area contributed by atoms with E-state index in [1.54, 1.807) is 38.0 Å². The van der Waals surface area contributed by atoms with Gasteiger partial charge in [-0.1, -0.05) is 0 Å². The predicted octanol–water partition coefficient (Wildman–Crippen LogP) is -1.93. The van der Waals surface area contributed by atoms with Gasteiger partial charge in [0.2, 0.25) is 12.2 Å². The SMILES string of the molecule is CC(=O)O[C@H]([C@H](OC(C)=O)[C@H](OC(C)=O)C(=O)NCCN(C)C)[C@H](OC(C)=O)C(=O)NCCN(C)C. The zero-order valence-corrected chi connectivity index (χ0v) is 22.1. The zero-order chi connectivity index (χ0) is 28.0. The summed E-state index contributed by atoms with van der Waals surface area (Å²) in [7, 11) is 7.08. The van der Waals surface area contributed by atoms with Crippen molar-refractivity contribution in [3.63, 3.8) is 0 Å². The van der Waals surface area contributed by atoms with Crippen LogP contribution in [0.1, 0.15) is 27.7 Å². The molecule has 0 aromatic rings. The minimum atomic E-state index is -1.84. The number of esters is 4. The van der Waals surface area contributed by atoms with E-state index in [0.717, 1.165) is 27.7 Å². The molecule has 0 rings (SSSR count). The number of likely N-dealkylation sites (N-methyl/N-ethyl adjacent to an activating group) is 2. The Bertz CT molecular complexity index is 723. The summed E-state index contributed by atoms with van der Waals surface area (Å²) in [6, 6.07) is 0. The lowest BCUT2D eigenvalue weighted by molar-refractivity contribution is -0.200. The largest absolute Gasteiger partial charge is 0.454 e. The van der Waals surface area contributed by atoms with Crippen LogP contribution in [0.2, 0.25) is 0 Å². The molecule has 0 aliphatic rings. The predicted molar refractivity (Wildman–Crippen MR) is 125 cm³/mol. The molecule has 0 radical (unpaired) electrons. The number of amides is 2. The molecule has 2 N–H and O–H groups in total. The third kappa shape index (κ3) is 13.6. The van der Waals surface area contributed by atoms with Gasteiger partial charge in [-0.2, -0.15) is 0 Å². The van der Waals surface area contributed by atoms with Gasteiger partial charge in [-0.15, -0.1) is 0 Å². The van der Waals surface area contributed by atoms with Gasteiger partial charge in [0.1, 0.15) is 0 Å². The van der Waals surface area contributed by atoms with Gasteiger partial charge >= 0.3 is 23.9 Å². The van der Waals surface area contributed by atoms with Crippen LogP contribution in [0.4, 0.5) is 0 Å². The summed E-state index contributed by atoms with van der Waals surface area (Å²) in [5.41, 5.74) is 0. The van der Waals surface area contributed by atoms with Crippen LogP contribution < -0.4 is 10.6 Å². The highest BCUT2D eigenvalue weighted by molar-refractivity contribution is 5.87. The second kappa shape index (κ2) is 16.4. The summed E-state index contributed by atoms with van der Waals surface area (Å²) >= 11 is 0. The number of hydrogen-bond acceptors (Lipinski definition) is 12. The van der Waals surface area contributed by atoms with Crippen molar-refractivity contribution in [1.82, 2.24) is 20.4 Å². The Kier molecular flexibility index (Phi) is 14.9. The van der Waals surface area contributed by atoms with Crippen LogP contribution in [0.25, 0.3) is 0 Å². The Morgan fingerprint density at radius 3 is 1.06 bits per heavy atom. The Morgan fingerprint density at radius 2 is 0.833 bits per heavy atom. The van der Waals surface area contributed by atoms with E-state index in [1.165, 1.54) is 0 Å². The lowest BCUT2D eigenvalue weighted by Crippen LogP contribution is -2.59. The van der Waals surface area contributed by atoms with Crippen molar-refractivity contribution in [1.29, 1.82) is 0 Å². The van der Waals surface area contributed by atoms with Crippen molar-refractivity contribution < 1.29 is 47.7 Å². The normalized spacial score (nSPS) is 14.2. The number of hydrogen-bond donors (Lipinski definition) is 2. The third-order valence-corrected chi connectivity index (χ3v) is 4.34. The van der Waals surface area contributed by atoms with E-state index in [0.29, 0.717) is 13.1 Å². The van der Waals surface area contributed by atoms with E-state index in [9.17, 15) is 28.8 Å². The number of carbonyl (C=O) groups is 6. The van der Waals surface area contributed by atoms with Crippen molar-refractivity contribution in [2.45, 2.75) is 52.1 Å². The fourth-order valence-corrected chi connectivity index (χ4v) is 2.89. The maximum Gasteiger partial charge on any atom is 0.303 e. The van der Waals surface area contributed by atoms with Crippen molar-refractivity contribution in [2.75, 3.05) is 54.4 Å². The molecule has 0 saturated carbocycles. The molecule has 0 unspecified atom stereocenters. The van der Waals surface area contributed by atoms with Crippen LogP contribution in [-0.4, -0.2) is 124 Å². The fourth-order valence-electron chi connectivity index (χ4n) is 2.89. The molecule has 0 fully saturated rings. The van der Waals surface area contributed by atoms with Gasteiger partial charge in [0.15, 0.2) is 12.2 Å². The number of ether oxygens (including phenoxy) is 4. The fraction of sp³-hybridized carbons (Fsp3) is 0.727. The number of carbonyl (C=O) groups excluding carboxylic acids is 6. The van der Waals surface area contributed by atoms with Crippen LogP contribution in [-0.2, 0) is 47.7 Å². The van der Waals surface area contributed by atoms with Crippen LogP contribution in [0, 0.1) is 0 Å². The van der Waals surface area contributed by atoms with Crippen LogP contribution in [0.15, 0.2) is 0 Å². The van der Waals surface area contributed by atoms with Crippen molar-refractivity contribution in [2.24, 2.45) is 0 Å². The summed E-state index contributed by atoms with van der Waals surface area (Å²) in [5, 5.41) is 5.07. The van der Waals surface area contributed by atoms with Crippen molar-refractivity contribution >= 4 is 35.7 Å². The molecule has 2 amide bonds. The highest BCUT2D eigenvalue weighted by atomic mass is 16.6. The van der Waals surface area contributed by atoms with Crippen LogP contribution in [0.3, 0.4) is 0 Å². The Morgan fingerprint density at radius 1 is 0.556 bits per heavy atom. The lowest BCUT2D eigenvalue weighted by atomic mass is 10.00. The summed E-state index contributed by atoms with van der Waals surface area (Å²) in [5.74, 6) is -5.48. The molecule has 0 aromatic carbocycles. The van der Waals surface area contributed by atoms with Gasteiger partial charge in [0.25, 0.3) is 11.8 Å². The van der Waals surface area contributed by atoms with E-state index in [-0.39, 0.29) is 13.1 Å². The summed E-state index contributed by atoms with van der Waals surface area (Å²) in [4.78, 5) is 77.1. The number of nitrogens with zero attached hydrogens (tertiary/aromatic N) is 2. The minimum absolute atomic E-state index is 0.132. The standard InChI is InChI=1S/C22H38N4O10/c1-13(27)33-17(19(35-15(3)29)21(31)23-9-11-25(5)6)18(34-14(2)28)20(36-16(4)30)22(32)24-10-12-26(7)8/h17-20H,9-12H2,1-8H3,(H,23,31)(H,24,32)/t17-,18+,19-,20-/m0/s1. The molecule has 14 heteroatoms. The van der Waals surface area contributed by atoms with Crippen LogP contribution >= 0.6 is 0 Å². The van der Waals surface area contributed by atoms with E-state index in [2.05, 4.69) is 10.6 Å². The molecule has 36 heavy (non-hydrogen) atoms. The number of nitrogens with one attached hydrogen (secondary N) is 2. The first-order chi connectivity index (χ1) is 16.6. The van der Waals surface area contributed by atoms with Crippen molar-refractivity contribution in [3.8, 4) is 0 Å². The molecule has 4 atom stereocenters. The second-order valence-corrected chi connectivity index (χ2v) is 8.40. The quantitative estimate of drug-likeness (QED) is 0.182. The van der Waals surface area contributed by atoms with Gasteiger partial charge < -0.3 is 39.4 Å². The monoisotopic (exact) mass is 518 g/mol. The molecule has 0 heterocycles. The molecule has 206 valence electrons. The first kappa shape index (κ1) is 32.7. The Balaban J connectivity index is 6.44. The first-order valence-electron chi connectivity index (χ1n) is 11.2. The number of rotatable bonds is 15. The molecular formula is C22H38N4O10. The molecule has 0 aromatic heterocycles. The summed E-state index contributed by atoms with van der Waals surface area (Å²) < 4.78 is 20.7. The Hall–Kier alpha value is -3.26. The topological polar surface area (TPSA) is 170 Å². The second-order valence-electron chi connectivity index (χ2n) is 8.40.